The van der Waals surface area contributed by atoms with Crippen LogP contribution < -0.4 is 5.73 Å². The quantitative estimate of drug-likeness (QED) is 0.825. The van der Waals surface area contributed by atoms with Crippen LogP contribution in [0.2, 0.25) is 0 Å². The van der Waals surface area contributed by atoms with Crippen molar-refractivity contribution in [3.05, 3.63) is 22.4 Å². The fourth-order valence-electron chi connectivity index (χ4n) is 2.35. The second kappa shape index (κ2) is 7.41. The van der Waals surface area contributed by atoms with E-state index in [-0.39, 0.29) is 0 Å². The number of hydrogen-bond acceptors (Lipinski definition) is 3. The Morgan fingerprint density at radius 2 is 2.05 bits per heavy atom. The van der Waals surface area contributed by atoms with Crippen LogP contribution in [0.5, 0.6) is 0 Å². The van der Waals surface area contributed by atoms with Crippen LogP contribution >= 0.6 is 11.3 Å². The molecule has 3 heteroatoms. The highest BCUT2D eigenvalue weighted by atomic mass is 32.1. The van der Waals surface area contributed by atoms with Crippen LogP contribution in [0.3, 0.4) is 0 Å². The first-order chi connectivity index (χ1) is 8.78. The SMILES string of the molecule is CC(Cc1cccs1)N(C)CCC(N)CC(C)(C)C. The fraction of sp³-hybridized carbons (Fsp3) is 0.750. The maximum Gasteiger partial charge on any atom is 0.0112 e. The molecule has 0 aromatic carbocycles. The lowest BCUT2D eigenvalue weighted by Crippen LogP contribution is -2.36. The zero-order chi connectivity index (χ0) is 14.5. The zero-order valence-corrected chi connectivity index (χ0v) is 14.0. The molecule has 0 aliphatic rings. The monoisotopic (exact) mass is 282 g/mol. The first-order valence-corrected chi connectivity index (χ1v) is 8.14. The summed E-state index contributed by atoms with van der Waals surface area (Å²) in [6.07, 6.45) is 3.32. The van der Waals surface area contributed by atoms with E-state index in [1.165, 1.54) is 4.88 Å². The van der Waals surface area contributed by atoms with Gasteiger partial charge >= 0.3 is 0 Å². The minimum Gasteiger partial charge on any atom is -0.328 e. The molecule has 1 rings (SSSR count). The number of rotatable bonds is 7. The van der Waals surface area contributed by atoms with Gasteiger partial charge in [0.2, 0.25) is 0 Å². The Hall–Kier alpha value is -0.380. The maximum atomic E-state index is 6.22. The molecule has 2 N–H and O–H groups in total. The van der Waals surface area contributed by atoms with Crippen molar-refractivity contribution in [3.63, 3.8) is 0 Å². The van der Waals surface area contributed by atoms with Crippen molar-refractivity contribution in [2.45, 2.75) is 59.0 Å². The summed E-state index contributed by atoms with van der Waals surface area (Å²) in [6.45, 7) is 10.2. The number of likely N-dealkylation sites (N-methyl/N-ethyl adjacent to an activating group) is 1. The summed E-state index contributed by atoms with van der Waals surface area (Å²) in [5, 5.41) is 2.15. The van der Waals surface area contributed by atoms with Crippen molar-refractivity contribution in [1.29, 1.82) is 0 Å². The summed E-state index contributed by atoms with van der Waals surface area (Å²) in [5.41, 5.74) is 6.55. The molecule has 1 aromatic rings. The molecule has 2 atom stereocenters. The van der Waals surface area contributed by atoms with E-state index in [1.807, 2.05) is 11.3 Å². The molecule has 0 saturated heterocycles. The maximum absolute atomic E-state index is 6.22. The molecule has 2 unspecified atom stereocenters. The molecule has 0 fully saturated rings. The van der Waals surface area contributed by atoms with Crippen LogP contribution in [-0.4, -0.2) is 30.6 Å². The summed E-state index contributed by atoms with van der Waals surface area (Å²) in [4.78, 5) is 3.90. The van der Waals surface area contributed by atoms with Crippen molar-refractivity contribution >= 4 is 11.3 Å². The zero-order valence-electron chi connectivity index (χ0n) is 13.1. The minimum atomic E-state index is 0.316. The molecule has 0 aliphatic carbocycles. The predicted octanol–water partition coefficient (Wildman–Crippen LogP) is 3.76. The van der Waals surface area contributed by atoms with Gasteiger partial charge in [-0.15, -0.1) is 11.3 Å². The van der Waals surface area contributed by atoms with E-state index < -0.39 is 0 Å². The van der Waals surface area contributed by atoms with Gasteiger partial charge in [0.15, 0.2) is 0 Å². The standard InChI is InChI=1S/C16H30N2S/c1-13(11-15-7-6-10-19-15)18(5)9-8-14(17)12-16(2,3)4/h6-7,10,13-14H,8-9,11-12,17H2,1-5H3. The van der Waals surface area contributed by atoms with Crippen LogP contribution in [0.25, 0.3) is 0 Å². The Morgan fingerprint density at radius 1 is 1.37 bits per heavy atom. The highest BCUT2D eigenvalue weighted by Gasteiger charge is 2.17. The molecule has 0 radical (unpaired) electrons. The number of thiophene rings is 1. The summed E-state index contributed by atoms with van der Waals surface area (Å²) in [6, 6.07) is 5.25. The Balaban J connectivity index is 2.28. The average Bonchev–Trinajstić information content (AvgIpc) is 2.76. The van der Waals surface area contributed by atoms with Crippen molar-refractivity contribution in [2.75, 3.05) is 13.6 Å². The van der Waals surface area contributed by atoms with Gasteiger partial charge in [-0.25, -0.2) is 0 Å². The van der Waals surface area contributed by atoms with E-state index in [1.54, 1.807) is 0 Å². The molecule has 0 spiro atoms. The Bertz CT molecular complexity index is 340. The summed E-state index contributed by atoms with van der Waals surface area (Å²) < 4.78 is 0. The molecule has 1 heterocycles. The van der Waals surface area contributed by atoms with Gasteiger partial charge in [0.25, 0.3) is 0 Å². The number of hydrogen-bond donors (Lipinski definition) is 1. The van der Waals surface area contributed by atoms with Crippen molar-refractivity contribution in [1.82, 2.24) is 4.90 Å². The molecule has 19 heavy (non-hydrogen) atoms. The van der Waals surface area contributed by atoms with E-state index >= 15 is 0 Å². The normalized spacial score (nSPS) is 15.7. The molecule has 1 aromatic heterocycles. The molecule has 0 saturated carbocycles. The minimum absolute atomic E-state index is 0.316. The molecular formula is C16H30N2S. The van der Waals surface area contributed by atoms with Crippen LogP contribution in [0.15, 0.2) is 17.5 Å². The van der Waals surface area contributed by atoms with Gasteiger partial charge in [0.1, 0.15) is 0 Å². The lowest BCUT2D eigenvalue weighted by Gasteiger charge is -2.28. The molecule has 0 aliphatic heterocycles. The summed E-state index contributed by atoms with van der Waals surface area (Å²) in [5.74, 6) is 0. The lowest BCUT2D eigenvalue weighted by molar-refractivity contribution is 0.234. The van der Waals surface area contributed by atoms with Gasteiger partial charge in [0, 0.05) is 17.0 Å². The molecule has 2 nitrogen and oxygen atoms in total. The Labute approximate surface area is 123 Å². The molecule has 110 valence electrons. The number of nitrogens with zero attached hydrogens (tertiary/aromatic N) is 1. The van der Waals surface area contributed by atoms with Gasteiger partial charge < -0.3 is 10.6 Å². The topological polar surface area (TPSA) is 29.3 Å². The van der Waals surface area contributed by atoms with Crippen molar-refractivity contribution in [2.24, 2.45) is 11.1 Å². The molecule has 0 amide bonds. The smallest absolute Gasteiger partial charge is 0.0112 e. The first-order valence-electron chi connectivity index (χ1n) is 7.26. The summed E-state index contributed by atoms with van der Waals surface area (Å²) >= 11 is 1.85. The lowest BCUT2D eigenvalue weighted by atomic mass is 9.87. The largest absolute Gasteiger partial charge is 0.328 e. The molecule has 0 bridgehead atoms. The van der Waals surface area contributed by atoms with Crippen LogP contribution in [0.4, 0.5) is 0 Å². The third-order valence-electron chi connectivity index (χ3n) is 3.56. The van der Waals surface area contributed by atoms with Gasteiger partial charge in [-0.2, -0.15) is 0 Å². The first kappa shape index (κ1) is 16.7. The third kappa shape index (κ3) is 7.09. The van der Waals surface area contributed by atoms with E-state index in [0.717, 1.165) is 25.8 Å². The van der Waals surface area contributed by atoms with E-state index in [4.69, 9.17) is 5.73 Å². The second-order valence-electron chi connectivity index (χ2n) is 6.93. The van der Waals surface area contributed by atoms with E-state index in [2.05, 4.69) is 57.2 Å². The highest BCUT2D eigenvalue weighted by Crippen LogP contribution is 2.21. The van der Waals surface area contributed by atoms with Gasteiger partial charge in [-0.05, 0) is 56.6 Å². The Kier molecular flexibility index (Phi) is 6.51. The average molecular weight is 282 g/mol. The Morgan fingerprint density at radius 3 is 2.58 bits per heavy atom. The van der Waals surface area contributed by atoms with E-state index in [9.17, 15) is 0 Å². The van der Waals surface area contributed by atoms with E-state index in [0.29, 0.717) is 17.5 Å². The van der Waals surface area contributed by atoms with Crippen molar-refractivity contribution < 1.29 is 0 Å². The molecular weight excluding hydrogens is 252 g/mol. The van der Waals surface area contributed by atoms with Gasteiger partial charge in [0.05, 0.1) is 0 Å². The van der Waals surface area contributed by atoms with Gasteiger partial charge in [-0.1, -0.05) is 26.8 Å². The predicted molar refractivity (Wildman–Crippen MR) is 86.8 cm³/mol. The fourth-order valence-corrected chi connectivity index (χ4v) is 3.18. The third-order valence-corrected chi connectivity index (χ3v) is 4.46. The van der Waals surface area contributed by atoms with Gasteiger partial charge in [-0.3, -0.25) is 0 Å². The van der Waals surface area contributed by atoms with Crippen molar-refractivity contribution in [3.8, 4) is 0 Å². The van der Waals surface area contributed by atoms with Crippen LogP contribution in [0.1, 0.15) is 45.4 Å². The second-order valence-corrected chi connectivity index (χ2v) is 7.96. The number of nitrogens with two attached hydrogens (primary N) is 1. The van der Waals surface area contributed by atoms with Crippen LogP contribution in [-0.2, 0) is 6.42 Å². The summed E-state index contributed by atoms with van der Waals surface area (Å²) in [7, 11) is 2.21. The van der Waals surface area contributed by atoms with Crippen LogP contribution in [0, 0.1) is 5.41 Å². The highest BCUT2D eigenvalue weighted by molar-refractivity contribution is 7.09.